The van der Waals surface area contributed by atoms with Crippen molar-refractivity contribution >= 4 is 23.2 Å². The van der Waals surface area contributed by atoms with Gasteiger partial charge in [-0.15, -0.1) is 0 Å². The first-order valence-corrected chi connectivity index (χ1v) is 8.74. The van der Waals surface area contributed by atoms with Gasteiger partial charge in [0.2, 0.25) is 0 Å². The second-order valence-corrected chi connectivity index (χ2v) is 6.18. The normalized spacial score (nSPS) is 10.4. The van der Waals surface area contributed by atoms with Gasteiger partial charge in [-0.3, -0.25) is 9.59 Å². The summed E-state index contributed by atoms with van der Waals surface area (Å²) in [5.41, 5.74) is 2.36. The predicted molar refractivity (Wildman–Crippen MR) is 105 cm³/mol. The number of carbonyl (C=O) groups excluding carboxylic acids is 2. The number of benzene rings is 2. The van der Waals surface area contributed by atoms with E-state index in [1.807, 2.05) is 0 Å². The van der Waals surface area contributed by atoms with E-state index in [-0.39, 0.29) is 23.2 Å². The lowest BCUT2D eigenvalue weighted by molar-refractivity contribution is 0.101. The van der Waals surface area contributed by atoms with Crippen LogP contribution in [0.5, 0.6) is 0 Å². The van der Waals surface area contributed by atoms with Crippen LogP contribution < -0.4 is 10.6 Å². The molecule has 3 aromatic rings. The van der Waals surface area contributed by atoms with Gasteiger partial charge < -0.3 is 10.6 Å². The van der Waals surface area contributed by atoms with E-state index in [1.54, 1.807) is 42.5 Å². The molecule has 1 heterocycles. The van der Waals surface area contributed by atoms with Crippen LogP contribution in [0.15, 0.2) is 60.9 Å². The third-order valence-corrected chi connectivity index (χ3v) is 4.08. The molecule has 2 N–H and O–H groups in total. The van der Waals surface area contributed by atoms with Gasteiger partial charge in [0.25, 0.3) is 5.91 Å². The Morgan fingerprint density at radius 1 is 1.00 bits per heavy atom. The number of carbonyl (C=O) groups is 2. The summed E-state index contributed by atoms with van der Waals surface area (Å²) >= 11 is 0. The van der Waals surface area contributed by atoms with E-state index in [4.69, 9.17) is 0 Å². The van der Waals surface area contributed by atoms with E-state index >= 15 is 0 Å². The zero-order chi connectivity index (χ0) is 19.9. The summed E-state index contributed by atoms with van der Waals surface area (Å²) in [7, 11) is 0. The smallest absolute Gasteiger partial charge is 0.274 e. The standard InChI is InChI=1S/C21H19FN4O2/c1-14(27)16-4-8-18(9-5-16)26-21(28)19-12-20(25-13-24-19)23-11-10-15-2-6-17(22)7-3-15/h2-9,12-13H,10-11H2,1H3,(H,26,28)(H,23,24,25). The topological polar surface area (TPSA) is 84.0 Å². The van der Waals surface area contributed by atoms with Gasteiger partial charge in [-0.05, 0) is 55.3 Å². The zero-order valence-electron chi connectivity index (χ0n) is 15.3. The van der Waals surface area contributed by atoms with Gasteiger partial charge in [0.15, 0.2) is 5.78 Å². The lowest BCUT2D eigenvalue weighted by atomic mass is 10.1. The van der Waals surface area contributed by atoms with Crippen molar-refractivity contribution in [2.45, 2.75) is 13.3 Å². The molecule has 142 valence electrons. The van der Waals surface area contributed by atoms with Crippen LogP contribution >= 0.6 is 0 Å². The largest absolute Gasteiger partial charge is 0.370 e. The van der Waals surface area contributed by atoms with Crippen LogP contribution in [0.2, 0.25) is 0 Å². The van der Waals surface area contributed by atoms with Crippen molar-refractivity contribution in [2.24, 2.45) is 0 Å². The van der Waals surface area contributed by atoms with Gasteiger partial charge in [0.1, 0.15) is 23.7 Å². The molecule has 6 nitrogen and oxygen atoms in total. The number of Topliss-reactive ketones (excluding diaryl/α,β-unsaturated/α-hetero) is 1. The third kappa shape index (κ3) is 5.20. The van der Waals surface area contributed by atoms with Crippen LogP contribution in [0.1, 0.15) is 33.3 Å². The highest BCUT2D eigenvalue weighted by molar-refractivity contribution is 6.03. The maximum atomic E-state index is 12.9. The average molecular weight is 378 g/mol. The lowest BCUT2D eigenvalue weighted by Gasteiger charge is -2.08. The van der Waals surface area contributed by atoms with E-state index in [9.17, 15) is 14.0 Å². The Labute approximate surface area is 161 Å². The number of nitrogens with zero attached hydrogens (tertiary/aromatic N) is 2. The number of aromatic nitrogens is 2. The maximum absolute atomic E-state index is 12.9. The molecule has 7 heteroatoms. The number of rotatable bonds is 7. The van der Waals surface area contributed by atoms with E-state index in [0.29, 0.717) is 30.0 Å². The van der Waals surface area contributed by atoms with Crippen molar-refractivity contribution in [3.05, 3.63) is 83.6 Å². The molecule has 0 unspecified atom stereocenters. The highest BCUT2D eigenvalue weighted by Gasteiger charge is 2.10. The molecule has 0 bridgehead atoms. The monoisotopic (exact) mass is 378 g/mol. The Hall–Kier alpha value is -3.61. The molecule has 1 aromatic heterocycles. The molecule has 0 saturated heterocycles. The van der Waals surface area contributed by atoms with Gasteiger partial charge >= 0.3 is 0 Å². The number of anilines is 2. The number of hydrogen-bond donors (Lipinski definition) is 2. The fraction of sp³-hybridized carbons (Fsp3) is 0.143. The lowest BCUT2D eigenvalue weighted by Crippen LogP contribution is -2.15. The molecule has 0 fully saturated rings. The van der Waals surface area contributed by atoms with Gasteiger partial charge in [0.05, 0.1) is 0 Å². The summed E-state index contributed by atoms with van der Waals surface area (Å²) in [6, 6.07) is 14.5. The highest BCUT2D eigenvalue weighted by atomic mass is 19.1. The van der Waals surface area contributed by atoms with Crippen molar-refractivity contribution < 1.29 is 14.0 Å². The summed E-state index contributed by atoms with van der Waals surface area (Å²) in [5, 5.41) is 5.86. The molecule has 1 amide bonds. The molecule has 3 rings (SSSR count). The minimum absolute atomic E-state index is 0.0370. The van der Waals surface area contributed by atoms with Gasteiger partial charge in [-0.2, -0.15) is 0 Å². The second-order valence-electron chi connectivity index (χ2n) is 6.18. The number of hydrogen-bond acceptors (Lipinski definition) is 5. The Morgan fingerprint density at radius 2 is 1.71 bits per heavy atom. The Kier molecular flexibility index (Phi) is 6.06. The van der Waals surface area contributed by atoms with Crippen molar-refractivity contribution in [1.82, 2.24) is 9.97 Å². The summed E-state index contributed by atoms with van der Waals surface area (Å²) in [6.45, 7) is 2.06. The molecular weight excluding hydrogens is 359 g/mol. The number of ketones is 1. The van der Waals surface area contributed by atoms with Crippen LogP contribution in [-0.4, -0.2) is 28.2 Å². The Morgan fingerprint density at radius 3 is 2.39 bits per heavy atom. The minimum Gasteiger partial charge on any atom is -0.370 e. The highest BCUT2D eigenvalue weighted by Crippen LogP contribution is 2.12. The van der Waals surface area contributed by atoms with Crippen molar-refractivity contribution in [3.63, 3.8) is 0 Å². The molecular formula is C21H19FN4O2. The molecule has 2 aromatic carbocycles. The van der Waals surface area contributed by atoms with Gasteiger partial charge in [0, 0.05) is 23.9 Å². The van der Waals surface area contributed by atoms with Crippen molar-refractivity contribution in [2.75, 3.05) is 17.2 Å². The van der Waals surface area contributed by atoms with E-state index in [0.717, 1.165) is 5.56 Å². The van der Waals surface area contributed by atoms with Gasteiger partial charge in [-0.1, -0.05) is 12.1 Å². The van der Waals surface area contributed by atoms with Crippen molar-refractivity contribution in [1.29, 1.82) is 0 Å². The number of halogens is 1. The summed E-state index contributed by atoms with van der Waals surface area (Å²) < 4.78 is 12.9. The molecule has 0 spiro atoms. The first-order chi connectivity index (χ1) is 13.5. The first-order valence-electron chi connectivity index (χ1n) is 8.74. The maximum Gasteiger partial charge on any atom is 0.274 e. The van der Waals surface area contributed by atoms with Crippen molar-refractivity contribution in [3.8, 4) is 0 Å². The van der Waals surface area contributed by atoms with Crippen LogP contribution in [0.4, 0.5) is 15.9 Å². The molecule has 0 aliphatic carbocycles. The Balaban J connectivity index is 1.57. The van der Waals surface area contributed by atoms with E-state index in [1.165, 1.54) is 25.4 Å². The van der Waals surface area contributed by atoms with Crippen LogP contribution in [0.25, 0.3) is 0 Å². The molecule has 0 aliphatic heterocycles. The predicted octanol–water partition coefficient (Wildman–Crippen LogP) is 3.73. The third-order valence-electron chi connectivity index (χ3n) is 4.08. The molecule has 0 aliphatic rings. The zero-order valence-corrected chi connectivity index (χ0v) is 15.3. The summed E-state index contributed by atoms with van der Waals surface area (Å²) in [6.07, 6.45) is 2.00. The fourth-order valence-electron chi connectivity index (χ4n) is 2.55. The number of amides is 1. The second kappa shape index (κ2) is 8.85. The van der Waals surface area contributed by atoms with Crippen LogP contribution in [-0.2, 0) is 6.42 Å². The quantitative estimate of drug-likeness (QED) is 0.612. The Bertz CT molecular complexity index is 972. The fourth-order valence-corrected chi connectivity index (χ4v) is 2.55. The van der Waals surface area contributed by atoms with Crippen LogP contribution in [0, 0.1) is 5.82 Å². The van der Waals surface area contributed by atoms with E-state index < -0.39 is 0 Å². The molecule has 28 heavy (non-hydrogen) atoms. The summed E-state index contributed by atoms with van der Waals surface area (Å²) in [5.74, 6) is -0.155. The summed E-state index contributed by atoms with van der Waals surface area (Å²) in [4.78, 5) is 31.8. The average Bonchev–Trinajstić information content (AvgIpc) is 2.70. The minimum atomic E-state index is -0.375. The molecule has 0 radical (unpaired) electrons. The SMILES string of the molecule is CC(=O)c1ccc(NC(=O)c2cc(NCCc3ccc(F)cc3)ncn2)cc1. The molecule has 0 atom stereocenters. The molecule has 0 saturated carbocycles. The first kappa shape index (κ1) is 19.2. The van der Waals surface area contributed by atoms with Gasteiger partial charge in [-0.25, -0.2) is 14.4 Å². The van der Waals surface area contributed by atoms with Crippen LogP contribution in [0.3, 0.4) is 0 Å². The van der Waals surface area contributed by atoms with E-state index in [2.05, 4.69) is 20.6 Å². The number of nitrogens with one attached hydrogen (secondary N) is 2.